The quantitative estimate of drug-likeness (QED) is 0.443. The highest BCUT2D eigenvalue weighted by molar-refractivity contribution is 6.14. The predicted molar refractivity (Wildman–Crippen MR) is 124 cm³/mol. The molecule has 1 aliphatic rings. The third-order valence-corrected chi connectivity index (χ3v) is 6.51. The van der Waals surface area contributed by atoms with Gasteiger partial charge in [-0.15, -0.1) is 0 Å². The van der Waals surface area contributed by atoms with Gasteiger partial charge in [0.25, 0.3) is 0 Å². The number of aromatic hydroxyl groups is 1. The van der Waals surface area contributed by atoms with Crippen LogP contribution in [0.25, 0.3) is 10.9 Å². The number of hydrogen-bond acceptors (Lipinski definition) is 3. The number of para-hydroxylation sites is 2. The summed E-state index contributed by atoms with van der Waals surface area (Å²) in [5, 5.41) is 14.4. The Morgan fingerprint density at radius 3 is 2.39 bits per heavy atom. The molecule has 1 aromatic heterocycles. The van der Waals surface area contributed by atoms with Crippen LogP contribution in [-0.4, -0.2) is 21.5 Å². The second-order valence-electron chi connectivity index (χ2n) is 8.57. The first-order valence-corrected chi connectivity index (χ1v) is 11.3. The molecule has 0 aliphatic heterocycles. The van der Waals surface area contributed by atoms with Crippen molar-refractivity contribution in [3.05, 3.63) is 60.2 Å². The van der Waals surface area contributed by atoms with Gasteiger partial charge in [0.15, 0.2) is 5.78 Å². The lowest BCUT2D eigenvalue weighted by molar-refractivity contribution is 0.0868. The SMILES string of the molecule is CCCCC1CCC(C(=O)c2c(O)n(C(=O)Nc3ccccc3)c3ccccc23)CC1. The molecule has 3 aromatic rings. The first-order valence-electron chi connectivity index (χ1n) is 11.3. The molecule has 1 aliphatic carbocycles. The molecule has 0 bridgehead atoms. The molecule has 2 N–H and O–H groups in total. The monoisotopic (exact) mass is 418 g/mol. The molecule has 4 rings (SSSR count). The van der Waals surface area contributed by atoms with Gasteiger partial charge in [0, 0.05) is 17.0 Å². The van der Waals surface area contributed by atoms with Crippen LogP contribution >= 0.6 is 0 Å². The van der Waals surface area contributed by atoms with E-state index >= 15 is 0 Å². The number of Topliss-reactive ketones (excluding diaryl/α,β-unsaturated/α-hetero) is 1. The molecular formula is C26H30N2O3. The first-order chi connectivity index (χ1) is 15.1. The number of hydrogen-bond donors (Lipinski definition) is 2. The lowest BCUT2D eigenvalue weighted by Gasteiger charge is -2.27. The Morgan fingerprint density at radius 2 is 1.68 bits per heavy atom. The number of rotatable bonds is 6. The van der Waals surface area contributed by atoms with Crippen molar-refractivity contribution in [2.24, 2.45) is 11.8 Å². The topological polar surface area (TPSA) is 71.3 Å². The molecular weight excluding hydrogens is 388 g/mol. The van der Waals surface area contributed by atoms with Crippen molar-refractivity contribution in [2.75, 3.05) is 5.32 Å². The Balaban J connectivity index is 1.61. The number of ketones is 1. The number of anilines is 1. The molecule has 31 heavy (non-hydrogen) atoms. The van der Waals surface area contributed by atoms with E-state index in [1.165, 1.54) is 23.8 Å². The second kappa shape index (κ2) is 9.38. The molecule has 2 aromatic carbocycles. The number of unbranched alkanes of at least 4 members (excludes halogenated alkanes) is 1. The van der Waals surface area contributed by atoms with Crippen LogP contribution in [-0.2, 0) is 0 Å². The standard InChI is InChI=1S/C26H30N2O3/c1-2-3-9-18-14-16-19(17-15-18)24(29)23-21-12-7-8-13-22(21)28(25(23)30)26(31)27-20-10-5-4-6-11-20/h4-8,10-13,18-19,30H,2-3,9,14-17H2,1H3,(H,27,31). The third kappa shape index (κ3) is 4.36. The fraction of sp³-hybridized carbons (Fsp3) is 0.385. The van der Waals surface area contributed by atoms with Crippen LogP contribution in [0.2, 0.25) is 0 Å². The van der Waals surface area contributed by atoms with Crippen molar-refractivity contribution in [3.63, 3.8) is 0 Å². The smallest absolute Gasteiger partial charge is 0.333 e. The summed E-state index contributed by atoms with van der Waals surface area (Å²) in [4.78, 5) is 26.4. The van der Waals surface area contributed by atoms with Crippen molar-refractivity contribution in [1.29, 1.82) is 0 Å². The molecule has 5 nitrogen and oxygen atoms in total. The number of benzene rings is 2. The van der Waals surface area contributed by atoms with Gasteiger partial charge in [0.05, 0.1) is 11.1 Å². The van der Waals surface area contributed by atoms with Crippen molar-refractivity contribution in [2.45, 2.75) is 51.9 Å². The largest absolute Gasteiger partial charge is 0.494 e. The van der Waals surface area contributed by atoms with E-state index in [0.29, 0.717) is 22.5 Å². The van der Waals surface area contributed by atoms with Gasteiger partial charge >= 0.3 is 6.03 Å². The van der Waals surface area contributed by atoms with Crippen LogP contribution in [0.3, 0.4) is 0 Å². The van der Waals surface area contributed by atoms with Gasteiger partial charge < -0.3 is 10.4 Å². The van der Waals surface area contributed by atoms with E-state index < -0.39 is 6.03 Å². The molecule has 0 saturated heterocycles. The highest BCUT2D eigenvalue weighted by atomic mass is 16.3. The molecule has 0 radical (unpaired) electrons. The minimum absolute atomic E-state index is 0.0473. The molecule has 0 unspecified atom stereocenters. The summed E-state index contributed by atoms with van der Waals surface area (Å²) >= 11 is 0. The maximum absolute atomic E-state index is 13.4. The molecule has 0 atom stereocenters. The summed E-state index contributed by atoms with van der Waals surface area (Å²) < 4.78 is 1.21. The van der Waals surface area contributed by atoms with Crippen molar-refractivity contribution in [1.82, 2.24) is 4.57 Å². The normalized spacial score (nSPS) is 18.7. The maximum atomic E-state index is 13.4. The van der Waals surface area contributed by atoms with E-state index in [-0.39, 0.29) is 23.1 Å². The number of nitrogens with one attached hydrogen (secondary N) is 1. The van der Waals surface area contributed by atoms with E-state index in [4.69, 9.17) is 0 Å². The van der Waals surface area contributed by atoms with Crippen LogP contribution in [0.1, 0.15) is 62.2 Å². The Morgan fingerprint density at radius 1 is 1.00 bits per heavy atom. The van der Waals surface area contributed by atoms with Gasteiger partial charge in [-0.3, -0.25) is 4.79 Å². The van der Waals surface area contributed by atoms with E-state index in [0.717, 1.165) is 25.7 Å². The Bertz CT molecular complexity index is 1060. The number of amides is 1. The predicted octanol–water partition coefficient (Wildman–Crippen LogP) is 6.61. The summed E-state index contributed by atoms with van der Waals surface area (Å²) in [6.07, 6.45) is 7.51. The van der Waals surface area contributed by atoms with Gasteiger partial charge in [-0.25, -0.2) is 9.36 Å². The zero-order valence-electron chi connectivity index (χ0n) is 18.0. The van der Waals surface area contributed by atoms with E-state index in [9.17, 15) is 14.7 Å². The Hall–Kier alpha value is -3.08. The van der Waals surface area contributed by atoms with Crippen molar-refractivity contribution in [3.8, 4) is 5.88 Å². The second-order valence-corrected chi connectivity index (χ2v) is 8.57. The van der Waals surface area contributed by atoms with Gasteiger partial charge in [0.1, 0.15) is 0 Å². The van der Waals surface area contributed by atoms with Gasteiger partial charge in [-0.1, -0.05) is 62.6 Å². The van der Waals surface area contributed by atoms with E-state index in [1.54, 1.807) is 24.3 Å². The average Bonchev–Trinajstić information content (AvgIpc) is 3.10. The van der Waals surface area contributed by atoms with E-state index in [2.05, 4.69) is 12.2 Å². The lowest BCUT2D eigenvalue weighted by atomic mass is 9.77. The fourth-order valence-electron chi connectivity index (χ4n) is 4.79. The Kier molecular flexibility index (Phi) is 6.40. The van der Waals surface area contributed by atoms with Crippen LogP contribution in [0.15, 0.2) is 54.6 Å². The van der Waals surface area contributed by atoms with Crippen LogP contribution in [0.5, 0.6) is 5.88 Å². The summed E-state index contributed by atoms with van der Waals surface area (Å²) in [7, 11) is 0. The number of carbonyl (C=O) groups is 2. The Labute approximate surface area is 183 Å². The third-order valence-electron chi connectivity index (χ3n) is 6.51. The van der Waals surface area contributed by atoms with Gasteiger partial charge in [-0.05, 0) is 49.8 Å². The van der Waals surface area contributed by atoms with Crippen LogP contribution in [0, 0.1) is 11.8 Å². The summed E-state index contributed by atoms with van der Waals surface area (Å²) in [5.41, 5.74) is 1.44. The minimum Gasteiger partial charge on any atom is -0.494 e. The lowest BCUT2D eigenvalue weighted by Crippen LogP contribution is -2.22. The summed E-state index contributed by atoms with van der Waals surface area (Å²) in [6, 6.07) is 15.8. The first kappa shape index (κ1) is 21.2. The summed E-state index contributed by atoms with van der Waals surface area (Å²) in [5.74, 6) is 0.289. The zero-order chi connectivity index (χ0) is 21.8. The number of aromatic nitrogens is 1. The number of nitrogens with zero attached hydrogens (tertiary/aromatic N) is 1. The summed E-state index contributed by atoms with van der Waals surface area (Å²) in [6.45, 7) is 2.21. The van der Waals surface area contributed by atoms with Gasteiger partial charge in [0.2, 0.25) is 5.88 Å². The minimum atomic E-state index is -0.484. The molecule has 5 heteroatoms. The highest BCUT2D eigenvalue weighted by Gasteiger charge is 2.32. The molecule has 0 spiro atoms. The fourth-order valence-corrected chi connectivity index (χ4v) is 4.79. The van der Waals surface area contributed by atoms with Crippen LogP contribution < -0.4 is 5.32 Å². The number of fused-ring (bicyclic) bond motifs is 1. The molecule has 162 valence electrons. The molecule has 1 fully saturated rings. The van der Waals surface area contributed by atoms with Crippen molar-refractivity contribution < 1.29 is 14.7 Å². The highest BCUT2D eigenvalue weighted by Crippen LogP contribution is 2.38. The molecule has 1 amide bonds. The maximum Gasteiger partial charge on any atom is 0.333 e. The van der Waals surface area contributed by atoms with Crippen LogP contribution in [0.4, 0.5) is 10.5 Å². The molecule has 1 heterocycles. The van der Waals surface area contributed by atoms with E-state index in [1.807, 2.05) is 30.3 Å². The molecule has 1 saturated carbocycles. The van der Waals surface area contributed by atoms with Crippen molar-refractivity contribution >= 4 is 28.4 Å². The van der Waals surface area contributed by atoms with Gasteiger partial charge in [-0.2, -0.15) is 0 Å². The zero-order valence-corrected chi connectivity index (χ0v) is 18.0. The average molecular weight is 419 g/mol. The number of carbonyl (C=O) groups excluding carboxylic acids is 2.